The maximum Gasteiger partial charge on any atom is 0.304 e. The number of carboxylic acid groups (broad SMARTS) is 1. The Morgan fingerprint density at radius 1 is 1.22 bits per heavy atom. The lowest BCUT2D eigenvalue weighted by molar-refractivity contribution is -0.137. The third-order valence-corrected chi connectivity index (χ3v) is 6.42. The van der Waals surface area contributed by atoms with Gasteiger partial charge in [-0.1, -0.05) is 49.8 Å². The Bertz CT molecular complexity index is 1130. The molecule has 2 atom stereocenters. The molecular formula is C27H30N2O3. The fourth-order valence-electron chi connectivity index (χ4n) is 4.80. The number of hydrogen-bond donors (Lipinski definition) is 2. The molecule has 2 N–H and O–H groups in total. The summed E-state index contributed by atoms with van der Waals surface area (Å²) in [6.45, 7) is 3.83. The molecule has 1 saturated carbocycles. The highest BCUT2D eigenvalue weighted by Crippen LogP contribution is 2.37. The summed E-state index contributed by atoms with van der Waals surface area (Å²) in [4.78, 5) is 11.2. The number of benzene rings is 2. The molecule has 4 rings (SSSR count). The number of carbonyl (C=O) groups is 1. The normalized spacial score (nSPS) is 15.8. The molecule has 2 aromatic carbocycles. The number of ether oxygens (including phenoxy) is 1. The van der Waals surface area contributed by atoms with E-state index < -0.39 is 5.97 Å². The highest BCUT2D eigenvalue weighted by atomic mass is 16.5. The molecule has 1 heterocycles. The maximum atomic E-state index is 11.2. The van der Waals surface area contributed by atoms with Gasteiger partial charge in [-0.2, -0.15) is 5.10 Å². The molecule has 5 heteroatoms. The molecule has 0 radical (unpaired) electrons. The number of aryl methyl sites for hydroxylation is 1. The van der Waals surface area contributed by atoms with Gasteiger partial charge in [-0.25, -0.2) is 0 Å². The molecular weight excluding hydrogens is 400 g/mol. The fourth-order valence-corrected chi connectivity index (χ4v) is 4.80. The zero-order valence-electron chi connectivity index (χ0n) is 18.7. The molecule has 0 aliphatic heterocycles. The molecule has 1 fully saturated rings. The zero-order valence-corrected chi connectivity index (χ0v) is 18.7. The molecule has 0 spiro atoms. The second-order valence-electron chi connectivity index (χ2n) is 8.78. The van der Waals surface area contributed by atoms with Crippen molar-refractivity contribution in [2.75, 3.05) is 0 Å². The summed E-state index contributed by atoms with van der Waals surface area (Å²) >= 11 is 0. The van der Waals surface area contributed by atoms with Gasteiger partial charge in [-0.15, -0.1) is 5.92 Å². The van der Waals surface area contributed by atoms with Crippen LogP contribution < -0.4 is 4.74 Å². The average Bonchev–Trinajstić information content (AvgIpc) is 3.45. The lowest BCUT2D eigenvalue weighted by Crippen LogP contribution is -2.12. The summed E-state index contributed by atoms with van der Waals surface area (Å²) < 4.78 is 6.54. The van der Waals surface area contributed by atoms with Crippen LogP contribution in [0.25, 0.3) is 10.9 Å². The van der Waals surface area contributed by atoms with Crippen LogP contribution in [0.5, 0.6) is 5.75 Å². The van der Waals surface area contributed by atoms with E-state index in [-0.39, 0.29) is 18.4 Å². The van der Waals surface area contributed by atoms with Crippen LogP contribution in [0.1, 0.15) is 74.2 Å². The summed E-state index contributed by atoms with van der Waals surface area (Å²) in [5, 5.41) is 17.6. The van der Waals surface area contributed by atoms with Crippen molar-refractivity contribution >= 4 is 16.9 Å². The highest BCUT2D eigenvalue weighted by Gasteiger charge is 2.24. The van der Waals surface area contributed by atoms with Crippen LogP contribution in [0.3, 0.4) is 0 Å². The predicted molar refractivity (Wildman–Crippen MR) is 126 cm³/mol. The number of carboxylic acids is 1. The van der Waals surface area contributed by atoms with Crippen molar-refractivity contribution in [2.24, 2.45) is 5.92 Å². The summed E-state index contributed by atoms with van der Waals surface area (Å²) in [6, 6.07) is 12.1. The van der Waals surface area contributed by atoms with Gasteiger partial charge in [0.1, 0.15) is 11.9 Å². The number of hydrogen-bond acceptors (Lipinski definition) is 3. The number of aromatic nitrogens is 2. The minimum absolute atomic E-state index is 0.00462. The van der Waals surface area contributed by atoms with E-state index in [0.29, 0.717) is 5.92 Å². The van der Waals surface area contributed by atoms with E-state index in [1.54, 1.807) is 6.92 Å². The Morgan fingerprint density at radius 3 is 2.66 bits per heavy atom. The van der Waals surface area contributed by atoms with Crippen molar-refractivity contribution in [3.63, 3.8) is 0 Å². The molecule has 0 saturated heterocycles. The summed E-state index contributed by atoms with van der Waals surface area (Å²) in [5.74, 6) is 6.16. The molecule has 1 aliphatic carbocycles. The Morgan fingerprint density at radius 2 is 1.97 bits per heavy atom. The zero-order chi connectivity index (χ0) is 22.5. The number of rotatable bonds is 8. The maximum absolute atomic E-state index is 11.2. The third-order valence-electron chi connectivity index (χ3n) is 6.42. The lowest BCUT2D eigenvalue weighted by Gasteiger charge is -2.23. The van der Waals surface area contributed by atoms with E-state index in [1.807, 2.05) is 30.5 Å². The molecule has 166 valence electrons. The van der Waals surface area contributed by atoms with Crippen LogP contribution in [-0.4, -0.2) is 21.3 Å². The summed E-state index contributed by atoms with van der Waals surface area (Å²) in [6.07, 6.45) is 7.95. The van der Waals surface area contributed by atoms with Crippen LogP contribution in [0.15, 0.2) is 42.6 Å². The first kappa shape index (κ1) is 22.0. The van der Waals surface area contributed by atoms with Gasteiger partial charge in [0.25, 0.3) is 0 Å². The number of H-pyrrole nitrogens is 1. The number of aliphatic carboxylic acids is 1. The standard InChI is InChI=1S/C27H30N2O3/c1-3-6-21(16-26(30)31)20-9-11-24(12-10-20)32-25(14-19-7-4-5-8-19)22-13-18(2)27-23(15-22)17-28-29-27/h9-13,15,17,19,21,25H,4-5,7-8,14,16H2,1-2H3,(H,28,29)(H,30,31). The molecule has 1 aromatic heterocycles. The van der Waals surface area contributed by atoms with Gasteiger partial charge in [-0.05, 0) is 61.1 Å². The third kappa shape index (κ3) is 5.13. The van der Waals surface area contributed by atoms with Gasteiger partial charge in [0.05, 0.1) is 24.1 Å². The quantitative estimate of drug-likeness (QED) is 0.420. The van der Waals surface area contributed by atoms with Crippen LogP contribution in [0.4, 0.5) is 0 Å². The Kier molecular flexibility index (Phi) is 6.80. The predicted octanol–water partition coefficient (Wildman–Crippen LogP) is 6.15. The number of fused-ring (bicyclic) bond motifs is 1. The van der Waals surface area contributed by atoms with Crippen LogP contribution in [0, 0.1) is 24.7 Å². The van der Waals surface area contributed by atoms with E-state index >= 15 is 0 Å². The smallest absolute Gasteiger partial charge is 0.304 e. The molecule has 32 heavy (non-hydrogen) atoms. The topological polar surface area (TPSA) is 75.2 Å². The van der Waals surface area contributed by atoms with Gasteiger partial charge in [0.15, 0.2) is 0 Å². The van der Waals surface area contributed by atoms with Crippen molar-refractivity contribution in [3.8, 4) is 17.6 Å². The van der Waals surface area contributed by atoms with Crippen LogP contribution in [-0.2, 0) is 4.79 Å². The Labute approximate surface area is 189 Å². The Balaban J connectivity index is 1.58. The van der Waals surface area contributed by atoms with E-state index in [9.17, 15) is 9.90 Å². The number of aromatic amines is 1. The minimum atomic E-state index is -0.847. The van der Waals surface area contributed by atoms with E-state index in [1.165, 1.54) is 36.8 Å². The largest absolute Gasteiger partial charge is 0.486 e. The van der Waals surface area contributed by atoms with Crippen LogP contribution in [0.2, 0.25) is 0 Å². The number of nitrogens with zero attached hydrogens (tertiary/aromatic N) is 1. The Hall–Kier alpha value is -3.26. The second-order valence-corrected chi connectivity index (χ2v) is 8.78. The number of nitrogens with one attached hydrogen (secondary N) is 1. The summed E-state index contributed by atoms with van der Waals surface area (Å²) in [5.41, 5.74) is 4.31. The minimum Gasteiger partial charge on any atom is -0.486 e. The van der Waals surface area contributed by atoms with Gasteiger partial charge >= 0.3 is 5.97 Å². The van der Waals surface area contributed by atoms with Crippen molar-refractivity contribution in [1.29, 1.82) is 0 Å². The molecule has 0 bridgehead atoms. The first-order valence-corrected chi connectivity index (χ1v) is 11.4. The first-order valence-electron chi connectivity index (χ1n) is 11.4. The fraction of sp³-hybridized carbons (Fsp3) is 0.407. The molecule has 1 aliphatic rings. The van der Waals surface area contributed by atoms with E-state index in [2.05, 4.69) is 41.1 Å². The van der Waals surface area contributed by atoms with Gasteiger partial charge in [0, 0.05) is 5.39 Å². The molecule has 3 aromatic rings. The first-order chi connectivity index (χ1) is 15.5. The van der Waals surface area contributed by atoms with Crippen molar-refractivity contribution in [1.82, 2.24) is 10.2 Å². The van der Waals surface area contributed by atoms with Crippen LogP contribution >= 0.6 is 0 Å². The second kappa shape index (κ2) is 9.91. The van der Waals surface area contributed by atoms with Gasteiger partial charge < -0.3 is 9.84 Å². The summed E-state index contributed by atoms with van der Waals surface area (Å²) in [7, 11) is 0. The van der Waals surface area contributed by atoms with Crippen molar-refractivity contribution in [3.05, 3.63) is 59.3 Å². The average molecular weight is 431 g/mol. The SMILES string of the molecule is CC#CC(CC(=O)O)c1ccc(OC(CC2CCCC2)c2cc(C)c3[nH]ncc3c2)cc1. The van der Waals surface area contributed by atoms with Crippen molar-refractivity contribution < 1.29 is 14.6 Å². The highest BCUT2D eigenvalue weighted by molar-refractivity contribution is 5.82. The molecule has 5 nitrogen and oxygen atoms in total. The lowest BCUT2D eigenvalue weighted by atomic mass is 9.93. The van der Waals surface area contributed by atoms with E-state index in [4.69, 9.17) is 4.74 Å². The van der Waals surface area contributed by atoms with Gasteiger partial charge in [0.2, 0.25) is 0 Å². The molecule has 0 amide bonds. The monoisotopic (exact) mass is 430 g/mol. The molecule has 2 unspecified atom stereocenters. The van der Waals surface area contributed by atoms with Crippen molar-refractivity contribution in [2.45, 2.75) is 64.4 Å². The van der Waals surface area contributed by atoms with E-state index in [0.717, 1.165) is 28.6 Å². The van der Waals surface area contributed by atoms with Gasteiger partial charge in [-0.3, -0.25) is 9.89 Å².